The van der Waals surface area contributed by atoms with Gasteiger partial charge in [-0.1, -0.05) is 25.2 Å². The number of thiophene rings is 1. The summed E-state index contributed by atoms with van der Waals surface area (Å²) in [5, 5.41) is 10.6. The maximum Gasteiger partial charge on any atom is 0.304 e. The van der Waals surface area contributed by atoms with E-state index < -0.39 is 26.7 Å². The van der Waals surface area contributed by atoms with Gasteiger partial charge in [0, 0.05) is 18.7 Å². The number of anilines is 1. The van der Waals surface area contributed by atoms with Gasteiger partial charge in [0.1, 0.15) is 4.21 Å². The third-order valence-electron chi connectivity index (χ3n) is 2.79. The van der Waals surface area contributed by atoms with Gasteiger partial charge in [0.15, 0.2) is 5.00 Å². The fourth-order valence-corrected chi connectivity index (χ4v) is 4.11. The number of nitro groups is 1. The summed E-state index contributed by atoms with van der Waals surface area (Å²) >= 11 is 0.672. The Morgan fingerprint density at radius 2 is 2.14 bits per heavy atom. The van der Waals surface area contributed by atoms with E-state index >= 15 is 0 Å². The molecule has 21 heavy (non-hydrogen) atoms. The first-order chi connectivity index (χ1) is 9.69. The number of nitrogen functional groups attached to an aromatic ring is 1. The first kappa shape index (κ1) is 17.8. The zero-order valence-electron chi connectivity index (χ0n) is 12.0. The molecular formula is C11H19N3O5S2. The number of hydrogen-bond donors (Lipinski definition) is 2. The van der Waals surface area contributed by atoms with Gasteiger partial charge in [0.05, 0.1) is 11.5 Å². The highest BCUT2D eigenvalue weighted by Gasteiger charge is 2.28. The van der Waals surface area contributed by atoms with Gasteiger partial charge in [0.25, 0.3) is 10.0 Å². The number of nitrogens with one attached hydrogen (secondary N) is 1. The molecule has 10 heteroatoms. The van der Waals surface area contributed by atoms with Gasteiger partial charge in [0.2, 0.25) is 0 Å². The Labute approximate surface area is 127 Å². The van der Waals surface area contributed by atoms with Crippen LogP contribution >= 0.6 is 11.3 Å². The largest absolute Gasteiger partial charge is 0.385 e. The van der Waals surface area contributed by atoms with Gasteiger partial charge >= 0.3 is 5.69 Å². The van der Waals surface area contributed by atoms with E-state index in [2.05, 4.69) is 4.72 Å². The number of ether oxygens (including phenoxy) is 1. The molecule has 120 valence electrons. The molecule has 0 spiro atoms. The molecule has 0 aliphatic rings. The van der Waals surface area contributed by atoms with Crippen LogP contribution in [0.5, 0.6) is 0 Å². The van der Waals surface area contributed by atoms with Gasteiger partial charge < -0.3 is 10.5 Å². The number of rotatable bonds is 8. The Bertz CT molecular complexity index is 597. The molecule has 0 aromatic carbocycles. The maximum atomic E-state index is 12.3. The molecule has 0 aliphatic carbocycles. The van der Waals surface area contributed by atoms with Crippen molar-refractivity contribution < 1.29 is 18.1 Å². The molecule has 0 aliphatic heterocycles. The number of nitrogens with two attached hydrogens (primary N) is 1. The maximum absolute atomic E-state index is 12.3. The molecule has 1 rings (SSSR count). The van der Waals surface area contributed by atoms with Crippen molar-refractivity contribution in [2.75, 3.05) is 18.9 Å². The first-order valence-electron chi connectivity index (χ1n) is 6.32. The predicted molar refractivity (Wildman–Crippen MR) is 80.8 cm³/mol. The summed E-state index contributed by atoms with van der Waals surface area (Å²) < 4.78 is 32.1. The van der Waals surface area contributed by atoms with Crippen molar-refractivity contribution in [2.24, 2.45) is 5.92 Å². The predicted octanol–water partition coefficient (Wildman–Crippen LogP) is 1.58. The minimum absolute atomic E-state index is 0.0126. The molecule has 1 heterocycles. The third kappa shape index (κ3) is 4.63. The number of hydrogen-bond acceptors (Lipinski definition) is 7. The molecule has 1 atom stereocenters. The zero-order chi connectivity index (χ0) is 16.2. The van der Waals surface area contributed by atoms with E-state index in [1.807, 2.05) is 20.8 Å². The molecule has 1 aromatic heterocycles. The lowest BCUT2D eigenvalue weighted by Gasteiger charge is -2.21. The molecule has 0 radical (unpaired) electrons. The van der Waals surface area contributed by atoms with Crippen LogP contribution in [0.15, 0.2) is 10.3 Å². The normalized spacial score (nSPS) is 13.5. The monoisotopic (exact) mass is 337 g/mol. The van der Waals surface area contributed by atoms with Crippen LogP contribution in [-0.2, 0) is 14.8 Å². The van der Waals surface area contributed by atoms with Crippen LogP contribution in [0.3, 0.4) is 0 Å². The fraction of sp³-hybridized carbons (Fsp3) is 0.636. The average Bonchev–Trinajstić information content (AvgIpc) is 2.77. The van der Waals surface area contributed by atoms with E-state index in [4.69, 9.17) is 10.5 Å². The van der Waals surface area contributed by atoms with Gasteiger partial charge in [-0.2, -0.15) is 0 Å². The summed E-state index contributed by atoms with van der Waals surface area (Å²) in [4.78, 5) is 10.0. The summed E-state index contributed by atoms with van der Waals surface area (Å²) in [5.41, 5.74) is 5.07. The van der Waals surface area contributed by atoms with E-state index in [0.29, 0.717) is 17.9 Å². The molecule has 1 unspecified atom stereocenters. The first-order valence-corrected chi connectivity index (χ1v) is 8.62. The topological polar surface area (TPSA) is 125 Å². The van der Waals surface area contributed by atoms with Crippen LogP contribution in [0, 0.1) is 16.0 Å². The van der Waals surface area contributed by atoms with Crippen LogP contribution in [0.1, 0.15) is 20.8 Å². The van der Waals surface area contributed by atoms with Crippen molar-refractivity contribution in [1.82, 2.24) is 4.72 Å². The highest BCUT2D eigenvalue weighted by Crippen LogP contribution is 2.34. The van der Waals surface area contributed by atoms with Gasteiger partial charge in [-0.3, -0.25) is 10.1 Å². The summed E-state index contributed by atoms with van der Waals surface area (Å²) in [5.74, 6) is 0.0126. The van der Waals surface area contributed by atoms with Crippen LogP contribution in [-0.4, -0.2) is 32.6 Å². The molecule has 1 aromatic rings. The molecule has 0 saturated heterocycles. The summed E-state index contributed by atoms with van der Waals surface area (Å²) in [6, 6.07) is 0.553. The van der Waals surface area contributed by atoms with Gasteiger partial charge in [-0.25, -0.2) is 13.1 Å². The van der Waals surface area contributed by atoms with E-state index in [9.17, 15) is 18.5 Å². The molecule has 0 saturated carbocycles. The minimum atomic E-state index is -3.87. The lowest BCUT2D eigenvalue weighted by Crippen LogP contribution is -2.41. The van der Waals surface area contributed by atoms with Crippen molar-refractivity contribution in [3.05, 3.63) is 16.2 Å². The molecule has 0 bridgehead atoms. The van der Waals surface area contributed by atoms with E-state index in [1.165, 1.54) is 0 Å². The van der Waals surface area contributed by atoms with Crippen molar-refractivity contribution in [3.63, 3.8) is 0 Å². The quantitative estimate of drug-likeness (QED) is 0.548. The van der Waals surface area contributed by atoms with Crippen LogP contribution in [0.4, 0.5) is 10.7 Å². The highest BCUT2D eigenvalue weighted by atomic mass is 32.2. The SMILES string of the molecule is CCOCC(NS(=O)(=O)c1cc([N+](=O)[O-])c(N)s1)C(C)C. The summed E-state index contributed by atoms with van der Waals surface area (Å²) in [6.45, 7) is 6.24. The molecule has 0 amide bonds. The van der Waals surface area contributed by atoms with E-state index in [1.54, 1.807) is 0 Å². The highest BCUT2D eigenvalue weighted by molar-refractivity contribution is 7.91. The number of sulfonamides is 1. The Balaban J connectivity index is 2.99. The number of nitrogens with zero attached hydrogens (tertiary/aromatic N) is 1. The minimum Gasteiger partial charge on any atom is -0.385 e. The van der Waals surface area contributed by atoms with E-state index in [0.717, 1.165) is 6.07 Å². The Hall–Kier alpha value is -1.23. The average molecular weight is 337 g/mol. The second-order valence-corrected chi connectivity index (χ2v) is 7.73. The third-order valence-corrected chi connectivity index (χ3v) is 5.71. The fourth-order valence-electron chi connectivity index (χ4n) is 1.51. The van der Waals surface area contributed by atoms with Crippen LogP contribution in [0.2, 0.25) is 0 Å². The molecule has 0 fully saturated rings. The standard InChI is InChI=1S/C11H19N3O5S2/c1-4-19-6-8(7(2)3)13-21(17,18)10-5-9(14(15)16)11(12)20-10/h5,7-8,13H,4,6,12H2,1-3H3. The Morgan fingerprint density at radius 1 is 1.52 bits per heavy atom. The van der Waals surface area contributed by atoms with Crippen LogP contribution in [0.25, 0.3) is 0 Å². The van der Waals surface area contributed by atoms with Crippen molar-refractivity contribution in [2.45, 2.75) is 31.0 Å². The van der Waals surface area contributed by atoms with E-state index in [-0.39, 0.29) is 21.7 Å². The van der Waals surface area contributed by atoms with Gasteiger partial charge in [-0.05, 0) is 12.8 Å². The Morgan fingerprint density at radius 3 is 2.57 bits per heavy atom. The summed E-state index contributed by atoms with van der Waals surface area (Å²) in [7, 11) is -3.87. The Kier molecular flexibility index (Phi) is 6.08. The van der Waals surface area contributed by atoms with Crippen molar-refractivity contribution in [1.29, 1.82) is 0 Å². The van der Waals surface area contributed by atoms with Crippen molar-refractivity contribution >= 4 is 32.0 Å². The lowest BCUT2D eigenvalue weighted by molar-refractivity contribution is -0.383. The second-order valence-electron chi connectivity index (χ2n) is 4.70. The molecule has 3 N–H and O–H groups in total. The molecule has 8 nitrogen and oxygen atoms in total. The van der Waals surface area contributed by atoms with Gasteiger partial charge in [-0.15, -0.1) is 0 Å². The van der Waals surface area contributed by atoms with Crippen LogP contribution < -0.4 is 10.5 Å². The second kappa shape index (κ2) is 7.16. The smallest absolute Gasteiger partial charge is 0.304 e. The lowest BCUT2D eigenvalue weighted by atomic mass is 10.1. The summed E-state index contributed by atoms with van der Waals surface area (Å²) in [6.07, 6.45) is 0. The molecular weight excluding hydrogens is 318 g/mol. The zero-order valence-corrected chi connectivity index (χ0v) is 13.7. The van der Waals surface area contributed by atoms with Crippen molar-refractivity contribution in [3.8, 4) is 0 Å².